The molecule has 0 spiro atoms. The summed E-state index contributed by atoms with van der Waals surface area (Å²) in [6.07, 6.45) is 5.36. The lowest BCUT2D eigenvalue weighted by Crippen LogP contribution is -2.48. The first-order valence-electron chi connectivity index (χ1n) is 9.18. The van der Waals surface area contributed by atoms with Gasteiger partial charge in [-0.25, -0.2) is 0 Å². The highest BCUT2D eigenvalue weighted by Gasteiger charge is 2.32. The summed E-state index contributed by atoms with van der Waals surface area (Å²) in [5.74, 6) is 1.24. The zero-order chi connectivity index (χ0) is 17.8. The number of likely N-dealkylation sites (tertiary alicyclic amines) is 1. The van der Waals surface area contributed by atoms with Gasteiger partial charge < -0.3 is 19.9 Å². The van der Waals surface area contributed by atoms with Crippen molar-refractivity contribution in [2.45, 2.75) is 56.8 Å². The Hall–Kier alpha value is -1.01. The number of ether oxygens (including phenoxy) is 2. The van der Waals surface area contributed by atoms with Crippen LogP contribution in [-0.2, 0) is 6.54 Å². The van der Waals surface area contributed by atoms with Gasteiger partial charge in [0.2, 0.25) is 0 Å². The third-order valence-electron chi connectivity index (χ3n) is 5.53. The molecule has 0 aromatic heterocycles. The lowest BCUT2D eigenvalue weighted by Gasteiger charge is -2.37. The third-order valence-corrected chi connectivity index (χ3v) is 5.81. The normalized spacial score (nSPS) is 25.3. The molecule has 2 aliphatic rings. The molecule has 1 aromatic rings. The molecule has 1 saturated carbocycles. The Morgan fingerprint density at radius 2 is 1.92 bits per heavy atom. The number of nitrogens with zero attached hydrogens (tertiary/aromatic N) is 1. The van der Waals surface area contributed by atoms with Crippen molar-refractivity contribution in [1.82, 2.24) is 10.2 Å². The summed E-state index contributed by atoms with van der Waals surface area (Å²) in [5.41, 5.74) is 1.09. The topological polar surface area (TPSA) is 54.0 Å². The molecule has 3 rings (SSSR count). The van der Waals surface area contributed by atoms with E-state index in [2.05, 4.69) is 10.2 Å². The van der Waals surface area contributed by atoms with Gasteiger partial charge >= 0.3 is 0 Å². The smallest absolute Gasteiger partial charge is 0.179 e. The molecule has 6 heteroatoms. The largest absolute Gasteiger partial charge is 0.493 e. The summed E-state index contributed by atoms with van der Waals surface area (Å²) < 4.78 is 10.6. The Morgan fingerprint density at radius 1 is 1.16 bits per heavy atom. The van der Waals surface area contributed by atoms with Crippen molar-refractivity contribution in [3.05, 3.63) is 22.7 Å². The first kappa shape index (κ1) is 18.8. The van der Waals surface area contributed by atoms with Gasteiger partial charge in [-0.2, -0.15) is 0 Å². The SMILES string of the molecule is COc1cc(CNC2CCN([C@H]3CCC[C@H]3O)CC2)cc(Cl)c1OC. The predicted octanol–water partition coefficient (Wildman–Crippen LogP) is 2.82. The molecule has 0 unspecified atom stereocenters. The molecule has 140 valence electrons. The van der Waals surface area contributed by atoms with Crippen LogP contribution in [0.15, 0.2) is 12.1 Å². The van der Waals surface area contributed by atoms with E-state index in [1.54, 1.807) is 14.2 Å². The molecule has 2 atom stereocenters. The minimum Gasteiger partial charge on any atom is -0.493 e. The van der Waals surface area contributed by atoms with Crippen molar-refractivity contribution in [2.75, 3.05) is 27.3 Å². The molecular weight excluding hydrogens is 340 g/mol. The highest BCUT2D eigenvalue weighted by molar-refractivity contribution is 6.32. The fraction of sp³-hybridized carbons (Fsp3) is 0.684. The molecule has 0 radical (unpaired) electrons. The zero-order valence-corrected chi connectivity index (χ0v) is 15.9. The van der Waals surface area contributed by atoms with Crippen molar-refractivity contribution in [1.29, 1.82) is 0 Å². The molecule has 0 bridgehead atoms. The van der Waals surface area contributed by atoms with E-state index in [0.29, 0.717) is 28.6 Å². The van der Waals surface area contributed by atoms with Crippen LogP contribution in [0, 0.1) is 0 Å². The summed E-state index contributed by atoms with van der Waals surface area (Å²) >= 11 is 6.28. The summed E-state index contributed by atoms with van der Waals surface area (Å²) in [6.45, 7) is 2.88. The summed E-state index contributed by atoms with van der Waals surface area (Å²) in [4.78, 5) is 2.48. The van der Waals surface area contributed by atoms with Crippen molar-refractivity contribution in [3.8, 4) is 11.5 Å². The standard InChI is InChI=1S/C19H29ClN2O3/c1-24-18-11-13(10-15(20)19(18)25-2)12-21-14-6-8-22(9-7-14)16-4-3-5-17(16)23/h10-11,14,16-17,21,23H,3-9,12H2,1-2H3/t16-,17+/m0/s1. The van der Waals surface area contributed by atoms with Crippen molar-refractivity contribution in [3.63, 3.8) is 0 Å². The number of aliphatic hydroxyl groups is 1. The molecule has 1 heterocycles. The predicted molar refractivity (Wildman–Crippen MR) is 99.6 cm³/mol. The second-order valence-corrected chi connectivity index (χ2v) is 7.48. The first-order chi connectivity index (χ1) is 12.1. The molecule has 0 amide bonds. The van der Waals surface area contributed by atoms with Gasteiger partial charge in [0.1, 0.15) is 0 Å². The number of rotatable bonds is 6. The molecule has 1 aliphatic carbocycles. The summed E-state index contributed by atoms with van der Waals surface area (Å²) in [7, 11) is 3.22. The summed E-state index contributed by atoms with van der Waals surface area (Å²) in [6, 6.07) is 4.79. The number of benzene rings is 1. The Morgan fingerprint density at radius 3 is 2.52 bits per heavy atom. The van der Waals surface area contributed by atoms with E-state index in [1.807, 2.05) is 12.1 Å². The number of halogens is 1. The van der Waals surface area contributed by atoms with Gasteiger partial charge in [-0.05, 0) is 49.8 Å². The molecular formula is C19H29ClN2O3. The van der Waals surface area contributed by atoms with Crippen molar-refractivity contribution >= 4 is 11.6 Å². The lowest BCUT2D eigenvalue weighted by atomic mass is 10.0. The number of methoxy groups -OCH3 is 2. The van der Waals surface area contributed by atoms with Crippen LogP contribution in [0.2, 0.25) is 5.02 Å². The second kappa shape index (κ2) is 8.58. The molecule has 1 saturated heterocycles. The molecule has 5 nitrogen and oxygen atoms in total. The monoisotopic (exact) mass is 368 g/mol. The Bertz CT molecular complexity index is 576. The molecule has 1 aromatic carbocycles. The number of hydrogen-bond acceptors (Lipinski definition) is 5. The molecule has 2 fully saturated rings. The minimum absolute atomic E-state index is 0.126. The van der Waals surface area contributed by atoms with Crippen LogP contribution in [0.4, 0.5) is 0 Å². The molecule has 1 aliphatic heterocycles. The van der Waals surface area contributed by atoms with E-state index in [-0.39, 0.29) is 6.10 Å². The van der Waals surface area contributed by atoms with Gasteiger partial charge in [0.05, 0.1) is 25.3 Å². The van der Waals surface area contributed by atoms with E-state index in [0.717, 1.165) is 57.3 Å². The van der Waals surface area contributed by atoms with E-state index >= 15 is 0 Å². The second-order valence-electron chi connectivity index (χ2n) is 7.07. The first-order valence-corrected chi connectivity index (χ1v) is 9.56. The van der Waals surface area contributed by atoms with E-state index in [4.69, 9.17) is 21.1 Å². The van der Waals surface area contributed by atoms with Gasteiger partial charge in [-0.1, -0.05) is 11.6 Å². The van der Waals surface area contributed by atoms with Crippen molar-refractivity contribution < 1.29 is 14.6 Å². The Balaban J connectivity index is 1.51. The van der Waals surface area contributed by atoms with Gasteiger partial charge in [0.15, 0.2) is 11.5 Å². The van der Waals surface area contributed by atoms with Crippen LogP contribution >= 0.6 is 11.6 Å². The number of aliphatic hydroxyl groups excluding tert-OH is 1. The van der Waals surface area contributed by atoms with Crippen LogP contribution in [0.25, 0.3) is 0 Å². The van der Waals surface area contributed by atoms with Gasteiger partial charge in [-0.15, -0.1) is 0 Å². The maximum Gasteiger partial charge on any atom is 0.179 e. The number of piperidine rings is 1. The summed E-state index contributed by atoms with van der Waals surface area (Å²) in [5, 5.41) is 14.3. The van der Waals surface area contributed by atoms with Crippen LogP contribution < -0.4 is 14.8 Å². The maximum absolute atomic E-state index is 10.1. The average Bonchev–Trinajstić information content (AvgIpc) is 3.05. The van der Waals surface area contributed by atoms with Gasteiger partial charge in [0, 0.05) is 31.7 Å². The fourth-order valence-electron chi connectivity index (χ4n) is 4.12. The van der Waals surface area contributed by atoms with Crippen LogP contribution in [-0.4, -0.2) is 55.5 Å². The van der Waals surface area contributed by atoms with Crippen LogP contribution in [0.5, 0.6) is 11.5 Å². The fourth-order valence-corrected chi connectivity index (χ4v) is 4.43. The molecule has 2 N–H and O–H groups in total. The van der Waals surface area contributed by atoms with E-state index in [1.165, 1.54) is 0 Å². The highest BCUT2D eigenvalue weighted by atomic mass is 35.5. The Kier molecular flexibility index (Phi) is 6.44. The zero-order valence-electron chi connectivity index (χ0n) is 15.1. The number of hydrogen-bond donors (Lipinski definition) is 2. The van der Waals surface area contributed by atoms with E-state index < -0.39 is 0 Å². The van der Waals surface area contributed by atoms with Crippen molar-refractivity contribution in [2.24, 2.45) is 0 Å². The lowest BCUT2D eigenvalue weighted by molar-refractivity contribution is 0.0526. The number of nitrogens with one attached hydrogen (secondary N) is 1. The van der Waals surface area contributed by atoms with Crippen LogP contribution in [0.3, 0.4) is 0 Å². The molecule has 25 heavy (non-hydrogen) atoms. The third kappa shape index (κ3) is 4.40. The van der Waals surface area contributed by atoms with E-state index in [9.17, 15) is 5.11 Å². The Labute approximate surface area is 155 Å². The van der Waals surface area contributed by atoms with Gasteiger partial charge in [0.25, 0.3) is 0 Å². The minimum atomic E-state index is -0.126. The quantitative estimate of drug-likeness (QED) is 0.808. The average molecular weight is 369 g/mol. The highest BCUT2D eigenvalue weighted by Crippen LogP contribution is 2.36. The maximum atomic E-state index is 10.1. The van der Waals surface area contributed by atoms with Gasteiger partial charge in [-0.3, -0.25) is 4.90 Å². The van der Waals surface area contributed by atoms with Crippen LogP contribution in [0.1, 0.15) is 37.7 Å².